The third kappa shape index (κ3) is 4.28. The third-order valence-electron chi connectivity index (χ3n) is 3.61. The maximum atomic E-state index is 11.6. The Morgan fingerprint density at radius 2 is 2.29 bits per heavy atom. The van der Waals surface area contributed by atoms with Gasteiger partial charge in [0.2, 0.25) is 0 Å². The normalized spacial score (nSPS) is 22.6. The van der Waals surface area contributed by atoms with E-state index < -0.39 is 0 Å². The van der Waals surface area contributed by atoms with Crippen molar-refractivity contribution in [3.8, 4) is 0 Å². The van der Waals surface area contributed by atoms with Gasteiger partial charge in [-0.25, -0.2) is 0 Å². The number of hydrogen-bond donors (Lipinski definition) is 1. The summed E-state index contributed by atoms with van der Waals surface area (Å²) in [5.41, 5.74) is 0. The molecule has 0 aromatic carbocycles. The molecule has 4 nitrogen and oxygen atoms in total. The smallest absolute Gasteiger partial charge is 0.322 e. The maximum Gasteiger partial charge on any atom is 0.322 e. The molecule has 0 radical (unpaired) electrons. The SMILES string of the molecule is CCNC(CCN1CCCC1CC)C(=O)OC. The third-order valence-corrected chi connectivity index (χ3v) is 3.61. The second kappa shape index (κ2) is 7.67. The van der Waals surface area contributed by atoms with Gasteiger partial charge in [0, 0.05) is 12.6 Å². The number of methoxy groups -OCH3 is 1. The first-order valence-corrected chi connectivity index (χ1v) is 6.78. The molecule has 0 aliphatic carbocycles. The summed E-state index contributed by atoms with van der Waals surface area (Å²) in [6, 6.07) is 0.568. The molecule has 2 unspecified atom stereocenters. The lowest BCUT2D eigenvalue weighted by Crippen LogP contribution is -2.41. The molecular weight excluding hydrogens is 216 g/mol. The fraction of sp³-hybridized carbons (Fsp3) is 0.923. The van der Waals surface area contributed by atoms with E-state index in [9.17, 15) is 4.79 Å². The molecule has 0 saturated carbocycles. The van der Waals surface area contributed by atoms with Gasteiger partial charge in [0.25, 0.3) is 0 Å². The van der Waals surface area contributed by atoms with Crippen molar-refractivity contribution in [3.63, 3.8) is 0 Å². The summed E-state index contributed by atoms with van der Waals surface area (Å²) in [6.07, 6.45) is 4.66. The van der Waals surface area contributed by atoms with Gasteiger partial charge in [0.05, 0.1) is 7.11 Å². The molecule has 2 atom stereocenters. The average molecular weight is 242 g/mol. The summed E-state index contributed by atoms with van der Waals surface area (Å²) in [5.74, 6) is -0.140. The number of likely N-dealkylation sites (N-methyl/N-ethyl adjacent to an activating group) is 1. The molecule has 1 aliphatic heterocycles. The van der Waals surface area contributed by atoms with Crippen LogP contribution in [0.5, 0.6) is 0 Å². The van der Waals surface area contributed by atoms with Gasteiger partial charge < -0.3 is 15.0 Å². The minimum absolute atomic E-state index is 0.140. The fourth-order valence-electron chi connectivity index (χ4n) is 2.64. The molecule has 0 spiro atoms. The van der Waals surface area contributed by atoms with Crippen LogP contribution in [0.15, 0.2) is 0 Å². The zero-order chi connectivity index (χ0) is 12.7. The van der Waals surface area contributed by atoms with Crippen molar-refractivity contribution in [1.29, 1.82) is 0 Å². The van der Waals surface area contributed by atoms with Crippen molar-refractivity contribution in [1.82, 2.24) is 10.2 Å². The van der Waals surface area contributed by atoms with E-state index >= 15 is 0 Å². The molecule has 1 heterocycles. The lowest BCUT2D eigenvalue weighted by atomic mass is 10.1. The summed E-state index contributed by atoms with van der Waals surface area (Å²) in [5, 5.41) is 3.19. The Morgan fingerprint density at radius 1 is 1.53 bits per heavy atom. The summed E-state index contributed by atoms with van der Waals surface area (Å²) in [6.45, 7) is 7.23. The van der Waals surface area contributed by atoms with Crippen LogP contribution in [0, 0.1) is 0 Å². The van der Waals surface area contributed by atoms with E-state index in [0.717, 1.165) is 25.6 Å². The monoisotopic (exact) mass is 242 g/mol. The molecule has 0 aromatic rings. The minimum atomic E-state index is -0.150. The van der Waals surface area contributed by atoms with Crippen LogP contribution in [0.2, 0.25) is 0 Å². The van der Waals surface area contributed by atoms with Crippen LogP contribution in [0.4, 0.5) is 0 Å². The number of carbonyl (C=O) groups excluding carboxylic acids is 1. The second-order valence-electron chi connectivity index (χ2n) is 4.66. The first kappa shape index (κ1) is 14.5. The van der Waals surface area contributed by atoms with Crippen molar-refractivity contribution in [3.05, 3.63) is 0 Å². The van der Waals surface area contributed by atoms with Crippen LogP contribution in [0.1, 0.15) is 39.5 Å². The second-order valence-corrected chi connectivity index (χ2v) is 4.66. The van der Waals surface area contributed by atoms with Gasteiger partial charge in [-0.3, -0.25) is 4.79 Å². The van der Waals surface area contributed by atoms with Crippen molar-refractivity contribution in [2.24, 2.45) is 0 Å². The number of likely N-dealkylation sites (tertiary alicyclic amines) is 1. The molecule has 100 valence electrons. The number of esters is 1. The fourth-order valence-corrected chi connectivity index (χ4v) is 2.64. The van der Waals surface area contributed by atoms with E-state index in [4.69, 9.17) is 4.74 Å². The average Bonchev–Trinajstić information content (AvgIpc) is 2.80. The summed E-state index contributed by atoms with van der Waals surface area (Å²) < 4.78 is 4.81. The Bertz CT molecular complexity index is 233. The zero-order valence-corrected chi connectivity index (χ0v) is 11.4. The number of nitrogens with one attached hydrogen (secondary N) is 1. The Morgan fingerprint density at radius 3 is 2.88 bits per heavy atom. The quantitative estimate of drug-likeness (QED) is 0.685. The molecular formula is C13H26N2O2. The topological polar surface area (TPSA) is 41.6 Å². The van der Waals surface area contributed by atoms with E-state index in [2.05, 4.69) is 17.1 Å². The van der Waals surface area contributed by atoms with Crippen molar-refractivity contribution in [2.45, 2.75) is 51.6 Å². The van der Waals surface area contributed by atoms with E-state index in [1.807, 2.05) is 6.92 Å². The zero-order valence-electron chi connectivity index (χ0n) is 11.4. The molecule has 0 amide bonds. The molecule has 17 heavy (non-hydrogen) atoms. The molecule has 1 saturated heterocycles. The Balaban J connectivity index is 2.37. The van der Waals surface area contributed by atoms with Crippen LogP contribution in [-0.4, -0.2) is 49.7 Å². The molecule has 1 N–H and O–H groups in total. The van der Waals surface area contributed by atoms with Crippen LogP contribution in [-0.2, 0) is 9.53 Å². The predicted molar refractivity (Wildman–Crippen MR) is 69.0 cm³/mol. The van der Waals surface area contributed by atoms with Gasteiger partial charge in [-0.1, -0.05) is 13.8 Å². The van der Waals surface area contributed by atoms with Crippen LogP contribution in [0.3, 0.4) is 0 Å². The Labute approximate surface area is 105 Å². The van der Waals surface area contributed by atoms with E-state index in [1.54, 1.807) is 0 Å². The van der Waals surface area contributed by atoms with Crippen molar-refractivity contribution in [2.75, 3.05) is 26.7 Å². The minimum Gasteiger partial charge on any atom is -0.468 e. The highest BCUT2D eigenvalue weighted by molar-refractivity contribution is 5.75. The van der Waals surface area contributed by atoms with Crippen LogP contribution in [0.25, 0.3) is 0 Å². The molecule has 4 heteroatoms. The van der Waals surface area contributed by atoms with Crippen LogP contribution >= 0.6 is 0 Å². The largest absolute Gasteiger partial charge is 0.468 e. The number of rotatable bonds is 7. The van der Waals surface area contributed by atoms with E-state index in [-0.39, 0.29) is 12.0 Å². The van der Waals surface area contributed by atoms with Gasteiger partial charge in [-0.15, -0.1) is 0 Å². The van der Waals surface area contributed by atoms with Gasteiger partial charge in [0.15, 0.2) is 0 Å². The van der Waals surface area contributed by atoms with Gasteiger partial charge in [-0.05, 0) is 38.8 Å². The van der Waals surface area contributed by atoms with Gasteiger partial charge in [-0.2, -0.15) is 0 Å². The standard InChI is InChI=1S/C13H26N2O2/c1-4-11-7-6-9-15(11)10-8-12(14-5-2)13(16)17-3/h11-12,14H,4-10H2,1-3H3. The lowest BCUT2D eigenvalue weighted by molar-refractivity contribution is -0.143. The van der Waals surface area contributed by atoms with E-state index in [1.165, 1.54) is 32.9 Å². The number of hydrogen-bond acceptors (Lipinski definition) is 4. The first-order valence-electron chi connectivity index (χ1n) is 6.78. The first-order chi connectivity index (χ1) is 8.22. The Kier molecular flexibility index (Phi) is 6.52. The lowest BCUT2D eigenvalue weighted by Gasteiger charge is -2.25. The highest BCUT2D eigenvalue weighted by atomic mass is 16.5. The summed E-state index contributed by atoms with van der Waals surface area (Å²) >= 11 is 0. The molecule has 1 fully saturated rings. The molecule has 0 bridgehead atoms. The predicted octanol–water partition coefficient (Wildman–Crippen LogP) is 1.40. The van der Waals surface area contributed by atoms with E-state index in [0.29, 0.717) is 0 Å². The number of ether oxygens (including phenoxy) is 1. The van der Waals surface area contributed by atoms with Crippen LogP contribution < -0.4 is 5.32 Å². The summed E-state index contributed by atoms with van der Waals surface area (Å²) in [4.78, 5) is 14.1. The molecule has 0 aromatic heterocycles. The molecule has 1 rings (SSSR count). The highest BCUT2D eigenvalue weighted by Crippen LogP contribution is 2.20. The Hall–Kier alpha value is -0.610. The van der Waals surface area contributed by atoms with Gasteiger partial charge >= 0.3 is 5.97 Å². The van der Waals surface area contributed by atoms with Gasteiger partial charge in [0.1, 0.15) is 6.04 Å². The van der Waals surface area contributed by atoms with Crippen molar-refractivity contribution < 1.29 is 9.53 Å². The number of nitrogens with zero attached hydrogens (tertiary/aromatic N) is 1. The summed E-state index contributed by atoms with van der Waals surface area (Å²) in [7, 11) is 1.46. The maximum absolute atomic E-state index is 11.6. The van der Waals surface area contributed by atoms with Crippen molar-refractivity contribution >= 4 is 5.97 Å². The molecule has 1 aliphatic rings. The number of carbonyl (C=O) groups is 1. The highest BCUT2D eigenvalue weighted by Gasteiger charge is 2.25.